The Morgan fingerprint density at radius 2 is 1.94 bits per heavy atom. The molecule has 1 aliphatic rings. The van der Waals surface area contributed by atoms with Crippen LogP contribution in [0.1, 0.15) is 48.9 Å². The number of benzene rings is 2. The summed E-state index contributed by atoms with van der Waals surface area (Å²) in [5, 5.41) is 17.7. The van der Waals surface area contributed by atoms with Crippen molar-refractivity contribution in [2.45, 2.75) is 18.4 Å². The van der Waals surface area contributed by atoms with Gasteiger partial charge in [0.05, 0.1) is 17.0 Å². The predicted molar refractivity (Wildman–Crippen MR) is 122 cm³/mol. The van der Waals surface area contributed by atoms with Crippen LogP contribution in [0.3, 0.4) is 0 Å². The molecule has 3 N–H and O–H groups in total. The summed E-state index contributed by atoms with van der Waals surface area (Å²) in [7, 11) is 0. The van der Waals surface area contributed by atoms with Gasteiger partial charge in [-0.05, 0) is 29.3 Å². The molecule has 3 aromatic rings. The maximum Gasteiger partial charge on any atom is 0.355 e. The zero-order valence-corrected chi connectivity index (χ0v) is 18.8. The van der Waals surface area contributed by atoms with E-state index in [9.17, 15) is 14.4 Å². The van der Waals surface area contributed by atoms with Crippen molar-refractivity contribution < 1.29 is 19.5 Å². The summed E-state index contributed by atoms with van der Waals surface area (Å²) < 4.78 is 0. The molecule has 0 saturated carbocycles. The lowest BCUT2D eigenvalue weighted by Crippen LogP contribution is -2.45. The van der Waals surface area contributed by atoms with Gasteiger partial charge in [0.1, 0.15) is 0 Å². The summed E-state index contributed by atoms with van der Waals surface area (Å²) in [6, 6.07) is 11.2. The van der Waals surface area contributed by atoms with Gasteiger partial charge >= 0.3 is 5.97 Å². The van der Waals surface area contributed by atoms with Crippen LogP contribution in [0.5, 0.6) is 0 Å². The fraction of sp³-hybridized carbons (Fsp3) is 0.182. The molecule has 0 fully saturated rings. The Balaban J connectivity index is 1.59. The normalized spacial score (nSPS) is 17.4. The minimum absolute atomic E-state index is 0.0160. The molecule has 0 spiro atoms. The highest BCUT2D eigenvalue weighted by molar-refractivity contribution is 7.09. The van der Waals surface area contributed by atoms with Crippen molar-refractivity contribution in [3.05, 3.63) is 85.3 Å². The van der Waals surface area contributed by atoms with Gasteiger partial charge in [0.2, 0.25) is 5.91 Å². The number of nitrogens with one attached hydrogen (secondary N) is 2. The van der Waals surface area contributed by atoms with Gasteiger partial charge < -0.3 is 15.7 Å². The lowest BCUT2D eigenvalue weighted by molar-refractivity contribution is -0.123. The van der Waals surface area contributed by atoms with Gasteiger partial charge in [-0.2, -0.15) is 0 Å². The number of carboxylic acid groups (broad SMARTS) is 1. The molecular weight excluding hydrogens is 473 g/mol. The van der Waals surface area contributed by atoms with Gasteiger partial charge in [-0.3, -0.25) is 9.59 Å². The van der Waals surface area contributed by atoms with Crippen molar-refractivity contribution >= 4 is 52.3 Å². The SMILES string of the molecule is O=C(O)c1csc(CCNC(=O)[C@@H]2c3ccccc3C(=O)N[C@H]2c2ccc(Cl)cc2Cl)n1. The third-order valence-corrected chi connectivity index (χ3v) is 6.62. The number of rotatable bonds is 6. The molecule has 32 heavy (non-hydrogen) atoms. The summed E-state index contributed by atoms with van der Waals surface area (Å²) in [5.41, 5.74) is 1.61. The molecule has 10 heteroatoms. The zero-order chi connectivity index (χ0) is 22.8. The molecule has 1 aromatic heterocycles. The Morgan fingerprint density at radius 3 is 2.66 bits per heavy atom. The third kappa shape index (κ3) is 4.48. The van der Waals surface area contributed by atoms with E-state index in [0.29, 0.717) is 38.2 Å². The molecule has 1 aliphatic heterocycles. The summed E-state index contributed by atoms with van der Waals surface area (Å²) in [4.78, 5) is 41.0. The van der Waals surface area contributed by atoms with Crippen molar-refractivity contribution in [1.82, 2.24) is 15.6 Å². The minimum atomic E-state index is -1.09. The lowest BCUT2D eigenvalue weighted by Gasteiger charge is -2.34. The van der Waals surface area contributed by atoms with Gasteiger partial charge in [-0.15, -0.1) is 11.3 Å². The molecule has 0 aliphatic carbocycles. The largest absolute Gasteiger partial charge is 0.476 e. The maximum atomic E-state index is 13.3. The Bertz CT molecular complexity index is 1210. The molecule has 7 nitrogen and oxygen atoms in total. The molecule has 0 saturated heterocycles. The van der Waals surface area contributed by atoms with E-state index in [1.54, 1.807) is 42.5 Å². The summed E-state index contributed by atoms with van der Waals surface area (Å²) in [5.74, 6) is -2.38. The molecular formula is C22H17Cl2N3O4S. The van der Waals surface area contributed by atoms with E-state index in [1.807, 2.05) is 0 Å². The number of hydrogen-bond donors (Lipinski definition) is 3. The average molecular weight is 490 g/mol. The second kappa shape index (κ2) is 9.28. The number of aromatic nitrogens is 1. The van der Waals surface area contributed by atoms with Crippen LogP contribution < -0.4 is 10.6 Å². The van der Waals surface area contributed by atoms with E-state index in [2.05, 4.69) is 15.6 Å². The van der Waals surface area contributed by atoms with E-state index < -0.39 is 17.9 Å². The number of thiazole rings is 1. The number of carboxylic acids is 1. The Kier molecular flexibility index (Phi) is 6.45. The Morgan fingerprint density at radius 1 is 1.16 bits per heavy atom. The molecule has 2 heterocycles. The molecule has 164 valence electrons. The highest BCUT2D eigenvalue weighted by atomic mass is 35.5. The van der Waals surface area contributed by atoms with Crippen molar-refractivity contribution in [2.75, 3.05) is 6.54 Å². The van der Waals surface area contributed by atoms with Crippen molar-refractivity contribution in [3.63, 3.8) is 0 Å². The van der Waals surface area contributed by atoms with E-state index >= 15 is 0 Å². The Labute approximate surface area is 197 Å². The number of amides is 2. The Hall–Kier alpha value is -2.94. The van der Waals surface area contributed by atoms with Crippen LogP contribution in [0.15, 0.2) is 47.8 Å². The smallest absolute Gasteiger partial charge is 0.355 e. The van der Waals surface area contributed by atoms with Gasteiger partial charge in [0, 0.05) is 34.0 Å². The number of carbonyl (C=O) groups excluding carboxylic acids is 2. The maximum absolute atomic E-state index is 13.3. The number of fused-ring (bicyclic) bond motifs is 1. The van der Waals surface area contributed by atoms with E-state index in [1.165, 1.54) is 16.7 Å². The minimum Gasteiger partial charge on any atom is -0.476 e. The first-order valence-corrected chi connectivity index (χ1v) is 11.3. The van der Waals surface area contributed by atoms with E-state index in [-0.39, 0.29) is 24.1 Å². The lowest BCUT2D eigenvalue weighted by atomic mass is 9.80. The topological polar surface area (TPSA) is 108 Å². The van der Waals surface area contributed by atoms with Crippen LogP contribution in [-0.2, 0) is 11.2 Å². The van der Waals surface area contributed by atoms with Gasteiger partial charge in [-0.1, -0.05) is 47.5 Å². The fourth-order valence-corrected chi connectivity index (χ4v) is 4.99. The van der Waals surface area contributed by atoms with Crippen LogP contribution >= 0.6 is 34.5 Å². The second-order valence-corrected chi connectivity index (χ2v) is 8.94. The zero-order valence-electron chi connectivity index (χ0n) is 16.5. The van der Waals surface area contributed by atoms with Crippen LogP contribution in [0.2, 0.25) is 10.0 Å². The van der Waals surface area contributed by atoms with E-state index in [4.69, 9.17) is 28.3 Å². The molecule has 2 aromatic carbocycles. The average Bonchev–Trinajstić information content (AvgIpc) is 3.23. The quantitative estimate of drug-likeness (QED) is 0.483. The molecule has 0 radical (unpaired) electrons. The summed E-state index contributed by atoms with van der Waals surface area (Å²) in [6.07, 6.45) is 0.386. The van der Waals surface area contributed by atoms with Crippen LogP contribution in [-0.4, -0.2) is 34.4 Å². The number of halogens is 2. The highest BCUT2D eigenvalue weighted by Gasteiger charge is 2.39. The fourth-order valence-electron chi connectivity index (χ4n) is 3.69. The third-order valence-electron chi connectivity index (χ3n) is 5.15. The first kappa shape index (κ1) is 22.3. The van der Waals surface area contributed by atoms with Crippen molar-refractivity contribution in [3.8, 4) is 0 Å². The van der Waals surface area contributed by atoms with Crippen LogP contribution in [0.4, 0.5) is 0 Å². The second-order valence-electron chi connectivity index (χ2n) is 7.15. The van der Waals surface area contributed by atoms with Gasteiger partial charge in [0.15, 0.2) is 5.69 Å². The molecule has 0 unspecified atom stereocenters. The number of hydrogen-bond acceptors (Lipinski definition) is 5. The van der Waals surface area contributed by atoms with Gasteiger partial charge in [-0.25, -0.2) is 9.78 Å². The first-order chi connectivity index (χ1) is 15.3. The van der Waals surface area contributed by atoms with Crippen LogP contribution in [0, 0.1) is 0 Å². The monoisotopic (exact) mass is 489 g/mol. The van der Waals surface area contributed by atoms with Crippen LogP contribution in [0.25, 0.3) is 0 Å². The highest BCUT2D eigenvalue weighted by Crippen LogP contribution is 2.40. The number of aromatic carboxylic acids is 1. The van der Waals surface area contributed by atoms with E-state index in [0.717, 1.165) is 0 Å². The summed E-state index contributed by atoms with van der Waals surface area (Å²) in [6.45, 7) is 0.263. The van der Waals surface area contributed by atoms with Crippen molar-refractivity contribution in [2.24, 2.45) is 0 Å². The molecule has 0 bridgehead atoms. The van der Waals surface area contributed by atoms with Crippen molar-refractivity contribution in [1.29, 1.82) is 0 Å². The molecule has 2 amide bonds. The standard InChI is InChI=1S/C22H17Cl2N3O4S/c23-11-5-6-14(15(24)9-11)19-18(12-3-1-2-4-13(12)20(28)27-19)21(29)25-8-7-17-26-16(10-32-17)22(30)31/h1-6,9-10,18-19H,7-8H2,(H,25,29)(H,27,28)(H,30,31)/t18-,19+/m1/s1. The number of carbonyl (C=O) groups is 3. The molecule has 2 atom stereocenters. The predicted octanol–water partition coefficient (Wildman–Crippen LogP) is 4.08. The molecule has 4 rings (SSSR count). The first-order valence-electron chi connectivity index (χ1n) is 9.65. The van der Waals surface area contributed by atoms with Gasteiger partial charge in [0.25, 0.3) is 5.91 Å². The number of nitrogens with zero attached hydrogens (tertiary/aromatic N) is 1. The summed E-state index contributed by atoms with van der Waals surface area (Å²) >= 11 is 13.6.